The molecule has 18 heavy (non-hydrogen) atoms. The number of hydrogen-bond acceptors (Lipinski definition) is 6. The Morgan fingerprint density at radius 1 is 1.22 bits per heavy atom. The Bertz CT molecular complexity index is 525. The Labute approximate surface area is 110 Å². The summed E-state index contributed by atoms with van der Waals surface area (Å²) in [6.45, 7) is 3.21. The smallest absolute Gasteiger partial charge is 0.229 e. The number of aryl methyl sites for hydroxylation is 1. The second-order valence-corrected chi connectivity index (χ2v) is 3.95. The topological polar surface area (TPSA) is 80.5 Å². The van der Waals surface area contributed by atoms with Crippen LogP contribution in [0, 0.1) is 0 Å². The van der Waals surface area contributed by atoms with E-state index in [1.165, 1.54) is 0 Å². The number of aromatic nitrogens is 5. The molecule has 0 saturated carbocycles. The predicted octanol–water partition coefficient (Wildman–Crippen LogP) is 1.30. The fourth-order valence-electron chi connectivity index (χ4n) is 1.39. The van der Waals surface area contributed by atoms with Gasteiger partial charge in [-0.3, -0.25) is 4.68 Å². The summed E-state index contributed by atoms with van der Waals surface area (Å²) in [7, 11) is 1.87. The van der Waals surface area contributed by atoms with Gasteiger partial charge in [-0.25, -0.2) is 0 Å². The second kappa shape index (κ2) is 5.63. The third kappa shape index (κ3) is 3.30. The standard InChI is InChI=1S/C10H14ClN7/c1-3-12-9-14-8(11)15-10(16-9)13-6-7-4-5-18(2)17-7/h4-5H,3,6H2,1-2H3,(H2,12,13,14,15,16). The molecule has 0 aromatic carbocycles. The fraction of sp³-hybridized carbons (Fsp3) is 0.400. The van der Waals surface area contributed by atoms with Crippen LogP contribution in [0.1, 0.15) is 12.6 Å². The SMILES string of the molecule is CCNc1nc(Cl)nc(NCc2ccn(C)n2)n1. The van der Waals surface area contributed by atoms with Gasteiger partial charge in [0.1, 0.15) is 0 Å². The minimum absolute atomic E-state index is 0.157. The van der Waals surface area contributed by atoms with Crippen LogP contribution in [-0.4, -0.2) is 31.3 Å². The number of hydrogen-bond donors (Lipinski definition) is 2. The number of rotatable bonds is 5. The summed E-state index contributed by atoms with van der Waals surface area (Å²) in [4.78, 5) is 12.1. The van der Waals surface area contributed by atoms with Gasteiger partial charge in [0.05, 0.1) is 12.2 Å². The van der Waals surface area contributed by atoms with Crippen molar-refractivity contribution in [2.75, 3.05) is 17.2 Å². The van der Waals surface area contributed by atoms with Gasteiger partial charge in [-0.15, -0.1) is 0 Å². The molecular weight excluding hydrogens is 254 g/mol. The summed E-state index contributed by atoms with van der Waals surface area (Å²) in [6.07, 6.45) is 1.88. The normalized spacial score (nSPS) is 10.4. The lowest BCUT2D eigenvalue weighted by Gasteiger charge is -2.05. The van der Waals surface area contributed by atoms with Crippen LogP contribution in [0.4, 0.5) is 11.9 Å². The summed E-state index contributed by atoms with van der Waals surface area (Å²) in [5.74, 6) is 0.887. The molecule has 2 aromatic rings. The zero-order valence-corrected chi connectivity index (χ0v) is 10.9. The fourth-order valence-corrected chi connectivity index (χ4v) is 1.55. The average molecular weight is 268 g/mol. The Morgan fingerprint density at radius 2 is 1.94 bits per heavy atom. The van der Waals surface area contributed by atoms with Gasteiger partial charge in [0.25, 0.3) is 0 Å². The Morgan fingerprint density at radius 3 is 2.56 bits per heavy atom. The van der Waals surface area contributed by atoms with Gasteiger partial charge in [0.15, 0.2) is 0 Å². The van der Waals surface area contributed by atoms with E-state index in [0.717, 1.165) is 12.2 Å². The molecule has 0 amide bonds. The Kier molecular flexibility index (Phi) is 3.93. The molecule has 0 bridgehead atoms. The molecule has 8 heteroatoms. The van der Waals surface area contributed by atoms with E-state index in [9.17, 15) is 0 Å². The van der Waals surface area contributed by atoms with Crippen molar-refractivity contribution in [2.24, 2.45) is 7.05 Å². The van der Waals surface area contributed by atoms with Crippen molar-refractivity contribution in [3.8, 4) is 0 Å². The van der Waals surface area contributed by atoms with E-state index in [0.29, 0.717) is 18.4 Å². The number of nitrogens with zero attached hydrogens (tertiary/aromatic N) is 5. The number of anilines is 2. The molecule has 0 unspecified atom stereocenters. The molecule has 2 heterocycles. The molecule has 0 atom stereocenters. The first kappa shape index (κ1) is 12.6. The van der Waals surface area contributed by atoms with Crippen LogP contribution in [0.5, 0.6) is 0 Å². The van der Waals surface area contributed by atoms with E-state index in [1.54, 1.807) is 4.68 Å². The Balaban J connectivity index is 2.04. The quantitative estimate of drug-likeness (QED) is 0.850. The van der Waals surface area contributed by atoms with Crippen LogP contribution in [0.3, 0.4) is 0 Å². The van der Waals surface area contributed by atoms with Gasteiger partial charge in [-0.2, -0.15) is 20.1 Å². The summed E-state index contributed by atoms with van der Waals surface area (Å²) >= 11 is 5.81. The molecule has 0 aliphatic carbocycles. The van der Waals surface area contributed by atoms with Gasteiger partial charge in [0.2, 0.25) is 17.2 Å². The highest BCUT2D eigenvalue weighted by atomic mass is 35.5. The van der Waals surface area contributed by atoms with E-state index >= 15 is 0 Å². The van der Waals surface area contributed by atoms with Gasteiger partial charge in [-0.1, -0.05) is 0 Å². The van der Waals surface area contributed by atoms with Crippen LogP contribution < -0.4 is 10.6 Å². The molecule has 2 rings (SSSR count). The lowest BCUT2D eigenvalue weighted by Crippen LogP contribution is -2.09. The van der Waals surface area contributed by atoms with Crippen LogP contribution in [-0.2, 0) is 13.6 Å². The summed E-state index contributed by atoms with van der Waals surface area (Å²) in [5, 5.41) is 10.4. The number of nitrogens with one attached hydrogen (secondary N) is 2. The van der Waals surface area contributed by atoms with Gasteiger partial charge < -0.3 is 10.6 Å². The van der Waals surface area contributed by atoms with Crippen LogP contribution in [0.15, 0.2) is 12.3 Å². The minimum atomic E-state index is 0.157. The molecule has 7 nitrogen and oxygen atoms in total. The van der Waals surface area contributed by atoms with E-state index in [-0.39, 0.29) is 5.28 Å². The van der Waals surface area contributed by atoms with Gasteiger partial charge in [-0.05, 0) is 24.6 Å². The molecule has 0 fully saturated rings. The van der Waals surface area contributed by atoms with E-state index in [1.807, 2.05) is 26.2 Å². The summed E-state index contributed by atoms with van der Waals surface area (Å²) < 4.78 is 1.74. The van der Waals surface area contributed by atoms with Crippen molar-refractivity contribution in [3.63, 3.8) is 0 Å². The molecule has 0 saturated heterocycles. The average Bonchev–Trinajstić information content (AvgIpc) is 2.72. The first-order chi connectivity index (χ1) is 8.67. The zero-order chi connectivity index (χ0) is 13.0. The van der Waals surface area contributed by atoms with E-state index < -0.39 is 0 Å². The predicted molar refractivity (Wildman–Crippen MR) is 69.5 cm³/mol. The first-order valence-electron chi connectivity index (χ1n) is 5.55. The highest BCUT2D eigenvalue weighted by Crippen LogP contribution is 2.10. The molecule has 96 valence electrons. The zero-order valence-electron chi connectivity index (χ0n) is 10.2. The molecule has 0 spiro atoms. The molecule has 2 N–H and O–H groups in total. The van der Waals surface area contributed by atoms with Crippen molar-refractivity contribution in [3.05, 3.63) is 23.2 Å². The minimum Gasteiger partial charge on any atom is -0.354 e. The van der Waals surface area contributed by atoms with Crippen molar-refractivity contribution in [1.82, 2.24) is 24.7 Å². The Hall–Kier alpha value is -1.89. The van der Waals surface area contributed by atoms with Crippen molar-refractivity contribution < 1.29 is 0 Å². The van der Waals surface area contributed by atoms with Crippen LogP contribution in [0.2, 0.25) is 5.28 Å². The maximum atomic E-state index is 5.81. The highest BCUT2D eigenvalue weighted by Gasteiger charge is 2.04. The van der Waals surface area contributed by atoms with Gasteiger partial charge >= 0.3 is 0 Å². The summed E-state index contributed by atoms with van der Waals surface area (Å²) in [5.41, 5.74) is 0.902. The third-order valence-electron chi connectivity index (χ3n) is 2.14. The summed E-state index contributed by atoms with van der Waals surface area (Å²) in [6, 6.07) is 1.92. The number of halogens is 1. The molecule has 2 aromatic heterocycles. The third-order valence-corrected chi connectivity index (χ3v) is 2.31. The first-order valence-corrected chi connectivity index (χ1v) is 5.93. The molecule has 0 radical (unpaired) electrons. The molecule has 0 aliphatic heterocycles. The monoisotopic (exact) mass is 267 g/mol. The lowest BCUT2D eigenvalue weighted by molar-refractivity contribution is 0.746. The van der Waals surface area contributed by atoms with Crippen molar-refractivity contribution >= 4 is 23.5 Å². The lowest BCUT2D eigenvalue weighted by atomic mass is 10.4. The van der Waals surface area contributed by atoms with Crippen LogP contribution in [0.25, 0.3) is 0 Å². The van der Waals surface area contributed by atoms with E-state index in [4.69, 9.17) is 11.6 Å². The van der Waals surface area contributed by atoms with Crippen molar-refractivity contribution in [2.45, 2.75) is 13.5 Å². The maximum absolute atomic E-state index is 5.81. The highest BCUT2D eigenvalue weighted by molar-refractivity contribution is 6.28. The molecular formula is C10H14ClN7. The maximum Gasteiger partial charge on any atom is 0.229 e. The van der Waals surface area contributed by atoms with E-state index in [2.05, 4.69) is 30.7 Å². The largest absolute Gasteiger partial charge is 0.354 e. The second-order valence-electron chi connectivity index (χ2n) is 3.62. The molecule has 0 aliphatic rings. The van der Waals surface area contributed by atoms with Gasteiger partial charge in [0, 0.05) is 19.8 Å². The van der Waals surface area contributed by atoms with Crippen LogP contribution >= 0.6 is 11.6 Å². The van der Waals surface area contributed by atoms with Crippen molar-refractivity contribution in [1.29, 1.82) is 0 Å².